The van der Waals surface area contributed by atoms with Crippen LogP contribution < -0.4 is 4.90 Å². The fraction of sp³-hybridized carbons (Fsp3) is 0.688. The van der Waals surface area contributed by atoms with Gasteiger partial charge in [-0.15, -0.1) is 11.6 Å². The average Bonchev–Trinajstić information content (AvgIpc) is 3.01. The quantitative estimate of drug-likeness (QED) is 0.795. The predicted octanol–water partition coefficient (Wildman–Crippen LogP) is 3.13. The molecule has 0 unspecified atom stereocenters. The number of halogens is 1. The zero-order chi connectivity index (χ0) is 13.8. The van der Waals surface area contributed by atoms with Crippen LogP contribution in [0.3, 0.4) is 0 Å². The Labute approximate surface area is 126 Å². The molecule has 2 aliphatic heterocycles. The third kappa shape index (κ3) is 3.26. The minimum atomic E-state index is 0.552. The third-order valence-corrected chi connectivity index (χ3v) is 4.98. The summed E-state index contributed by atoms with van der Waals surface area (Å²) in [6.07, 6.45) is 9.19. The molecule has 0 radical (unpaired) electrons. The average molecular weight is 294 g/mol. The van der Waals surface area contributed by atoms with Crippen LogP contribution in [0.15, 0.2) is 18.5 Å². The van der Waals surface area contributed by atoms with Crippen molar-refractivity contribution in [1.29, 1.82) is 0 Å². The topological polar surface area (TPSA) is 19.4 Å². The summed E-state index contributed by atoms with van der Waals surface area (Å²) in [6, 6.07) is 2.11. The molecule has 0 N–H and O–H groups in total. The molecule has 3 heterocycles. The van der Waals surface area contributed by atoms with Crippen molar-refractivity contribution in [2.75, 3.05) is 37.6 Å². The van der Waals surface area contributed by atoms with Crippen LogP contribution in [0.2, 0.25) is 0 Å². The maximum absolute atomic E-state index is 6.02. The van der Waals surface area contributed by atoms with Crippen LogP contribution in [-0.2, 0) is 5.88 Å². The Morgan fingerprint density at radius 1 is 1.15 bits per heavy atom. The normalized spacial score (nSPS) is 21.6. The van der Waals surface area contributed by atoms with Crippen LogP contribution in [0.25, 0.3) is 0 Å². The van der Waals surface area contributed by atoms with E-state index >= 15 is 0 Å². The van der Waals surface area contributed by atoms with Gasteiger partial charge in [0.25, 0.3) is 0 Å². The molecule has 3 rings (SSSR count). The van der Waals surface area contributed by atoms with Gasteiger partial charge in [-0.1, -0.05) is 0 Å². The van der Waals surface area contributed by atoms with Gasteiger partial charge < -0.3 is 9.80 Å². The summed E-state index contributed by atoms with van der Waals surface area (Å²) in [5.74, 6) is 1.43. The monoisotopic (exact) mass is 293 g/mol. The van der Waals surface area contributed by atoms with Gasteiger partial charge in [0.15, 0.2) is 0 Å². The summed E-state index contributed by atoms with van der Waals surface area (Å²) in [6.45, 7) is 6.27. The van der Waals surface area contributed by atoms with Gasteiger partial charge in [-0.2, -0.15) is 0 Å². The van der Waals surface area contributed by atoms with Crippen LogP contribution >= 0.6 is 11.6 Å². The van der Waals surface area contributed by atoms with Crippen molar-refractivity contribution in [3.8, 4) is 0 Å². The highest BCUT2D eigenvalue weighted by Gasteiger charge is 2.23. The first-order chi connectivity index (χ1) is 9.86. The molecule has 1 aromatic rings. The van der Waals surface area contributed by atoms with Crippen molar-refractivity contribution in [1.82, 2.24) is 9.88 Å². The van der Waals surface area contributed by atoms with E-state index in [0.29, 0.717) is 5.88 Å². The summed E-state index contributed by atoms with van der Waals surface area (Å²) >= 11 is 6.02. The van der Waals surface area contributed by atoms with Crippen LogP contribution in [0.4, 0.5) is 5.69 Å². The first kappa shape index (κ1) is 14.2. The standard InChI is InChI=1S/C16H24ClN3/c17-11-15-12-18-6-3-16(15)20-9-4-14(5-10-20)13-19-7-1-2-8-19/h3,6,12,14H,1-2,4-5,7-11,13H2. The molecule has 20 heavy (non-hydrogen) atoms. The number of hydrogen-bond donors (Lipinski definition) is 0. The molecule has 110 valence electrons. The number of anilines is 1. The number of aromatic nitrogens is 1. The van der Waals surface area contributed by atoms with Gasteiger partial charge >= 0.3 is 0 Å². The van der Waals surface area contributed by atoms with E-state index in [9.17, 15) is 0 Å². The fourth-order valence-corrected chi connectivity index (χ4v) is 3.72. The number of likely N-dealkylation sites (tertiary alicyclic amines) is 1. The van der Waals surface area contributed by atoms with E-state index in [1.807, 2.05) is 12.4 Å². The zero-order valence-corrected chi connectivity index (χ0v) is 12.9. The van der Waals surface area contributed by atoms with Crippen LogP contribution in [0, 0.1) is 5.92 Å². The molecule has 2 saturated heterocycles. The fourth-order valence-electron chi connectivity index (χ4n) is 3.52. The Hall–Kier alpha value is -0.800. The van der Waals surface area contributed by atoms with Gasteiger partial charge in [-0.25, -0.2) is 0 Å². The second-order valence-electron chi connectivity index (χ2n) is 6.08. The van der Waals surface area contributed by atoms with Gasteiger partial charge in [-0.3, -0.25) is 4.98 Å². The van der Waals surface area contributed by atoms with E-state index in [1.54, 1.807) is 0 Å². The van der Waals surface area contributed by atoms with Gasteiger partial charge in [0.2, 0.25) is 0 Å². The maximum atomic E-state index is 6.02. The molecule has 1 aromatic heterocycles. The second kappa shape index (κ2) is 6.77. The lowest BCUT2D eigenvalue weighted by molar-refractivity contribution is 0.249. The summed E-state index contributed by atoms with van der Waals surface area (Å²) in [5.41, 5.74) is 2.45. The molecule has 0 aromatic carbocycles. The van der Waals surface area contributed by atoms with E-state index in [0.717, 1.165) is 24.6 Å². The summed E-state index contributed by atoms with van der Waals surface area (Å²) in [7, 11) is 0. The Kier molecular flexibility index (Phi) is 4.79. The molecule has 0 amide bonds. The lowest BCUT2D eigenvalue weighted by Crippen LogP contribution is -2.38. The molecular weight excluding hydrogens is 270 g/mol. The zero-order valence-electron chi connectivity index (χ0n) is 12.1. The first-order valence-corrected chi connectivity index (χ1v) is 8.36. The van der Waals surface area contributed by atoms with Crippen molar-refractivity contribution in [2.24, 2.45) is 5.92 Å². The predicted molar refractivity (Wildman–Crippen MR) is 84.4 cm³/mol. The lowest BCUT2D eigenvalue weighted by Gasteiger charge is -2.36. The molecular formula is C16H24ClN3. The molecule has 0 saturated carbocycles. The lowest BCUT2D eigenvalue weighted by atomic mass is 9.95. The van der Waals surface area contributed by atoms with E-state index in [4.69, 9.17) is 11.6 Å². The Bertz CT molecular complexity index is 423. The second-order valence-corrected chi connectivity index (χ2v) is 6.34. The van der Waals surface area contributed by atoms with E-state index in [1.165, 1.54) is 51.0 Å². The van der Waals surface area contributed by atoms with Gasteiger partial charge in [0.05, 0.1) is 5.88 Å². The molecule has 0 aliphatic carbocycles. The highest BCUT2D eigenvalue weighted by atomic mass is 35.5. The number of piperidine rings is 1. The van der Waals surface area contributed by atoms with Crippen molar-refractivity contribution in [3.05, 3.63) is 24.0 Å². The highest BCUT2D eigenvalue weighted by molar-refractivity contribution is 6.17. The van der Waals surface area contributed by atoms with Gasteiger partial charge in [0.1, 0.15) is 0 Å². The number of hydrogen-bond acceptors (Lipinski definition) is 3. The van der Waals surface area contributed by atoms with Crippen molar-refractivity contribution in [2.45, 2.75) is 31.6 Å². The highest BCUT2D eigenvalue weighted by Crippen LogP contribution is 2.27. The number of nitrogens with zero attached hydrogens (tertiary/aromatic N) is 3. The summed E-state index contributed by atoms with van der Waals surface area (Å²) in [4.78, 5) is 9.31. The van der Waals surface area contributed by atoms with E-state index < -0.39 is 0 Å². The molecule has 0 bridgehead atoms. The van der Waals surface area contributed by atoms with Crippen molar-refractivity contribution in [3.63, 3.8) is 0 Å². The minimum absolute atomic E-state index is 0.552. The van der Waals surface area contributed by atoms with Gasteiger partial charge in [-0.05, 0) is 50.8 Å². The van der Waals surface area contributed by atoms with Crippen molar-refractivity contribution < 1.29 is 0 Å². The molecule has 2 fully saturated rings. The summed E-state index contributed by atoms with van der Waals surface area (Å²) < 4.78 is 0. The molecule has 3 nitrogen and oxygen atoms in total. The van der Waals surface area contributed by atoms with Crippen LogP contribution in [0.1, 0.15) is 31.2 Å². The van der Waals surface area contributed by atoms with Gasteiger partial charge in [0, 0.05) is 43.3 Å². The van der Waals surface area contributed by atoms with Crippen LogP contribution in [0.5, 0.6) is 0 Å². The number of pyridine rings is 1. The SMILES string of the molecule is ClCc1cnccc1N1CCC(CN2CCCC2)CC1. The smallest absolute Gasteiger partial charge is 0.0509 e. The van der Waals surface area contributed by atoms with Crippen LogP contribution in [-0.4, -0.2) is 42.6 Å². The minimum Gasteiger partial charge on any atom is -0.371 e. The Morgan fingerprint density at radius 2 is 1.90 bits per heavy atom. The Balaban J connectivity index is 1.55. The van der Waals surface area contributed by atoms with Crippen molar-refractivity contribution >= 4 is 17.3 Å². The molecule has 4 heteroatoms. The largest absolute Gasteiger partial charge is 0.371 e. The maximum Gasteiger partial charge on any atom is 0.0509 e. The number of alkyl halides is 1. The molecule has 2 aliphatic rings. The first-order valence-electron chi connectivity index (χ1n) is 7.83. The summed E-state index contributed by atoms with van der Waals surface area (Å²) in [5, 5.41) is 0. The van der Waals surface area contributed by atoms with E-state index in [-0.39, 0.29) is 0 Å². The Morgan fingerprint density at radius 3 is 2.60 bits per heavy atom. The third-order valence-electron chi connectivity index (χ3n) is 4.69. The molecule has 0 spiro atoms. The molecule has 0 atom stereocenters. The van der Waals surface area contributed by atoms with E-state index in [2.05, 4.69) is 20.9 Å². The number of rotatable bonds is 4.